The van der Waals surface area contributed by atoms with Crippen LogP contribution in [0.1, 0.15) is 51.2 Å². The second-order valence-electron chi connectivity index (χ2n) is 5.80. The number of nitrogens with one attached hydrogen (secondary N) is 1. The Labute approximate surface area is 113 Å². The van der Waals surface area contributed by atoms with Gasteiger partial charge in [0.1, 0.15) is 0 Å². The van der Waals surface area contributed by atoms with Crippen molar-refractivity contribution in [3.8, 4) is 0 Å². The SMILES string of the molecule is CCCNC(CCc1ccc(C)cc1)CC(C)C. The smallest absolute Gasteiger partial charge is 0.00726 e. The number of rotatable bonds is 8. The predicted octanol–water partition coefficient (Wildman–Crippen LogP) is 4.34. The van der Waals surface area contributed by atoms with Crippen LogP contribution in [0.15, 0.2) is 24.3 Å². The van der Waals surface area contributed by atoms with Crippen molar-refractivity contribution < 1.29 is 0 Å². The number of hydrogen-bond donors (Lipinski definition) is 1. The van der Waals surface area contributed by atoms with Crippen LogP contribution < -0.4 is 5.32 Å². The van der Waals surface area contributed by atoms with Gasteiger partial charge in [0.15, 0.2) is 0 Å². The summed E-state index contributed by atoms with van der Waals surface area (Å²) in [4.78, 5) is 0. The molecular formula is C17H29N. The highest BCUT2D eigenvalue weighted by molar-refractivity contribution is 5.21. The summed E-state index contributed by atoms with van der Waals surface area (Å²) in [5, 5.41) is 3.68. The van der Waals surface area contributed by atoms with E-state index in [2.05, 4.69) is 57.3 Å². The van der Waals surface area contributed by atoms with Gasteiger partial charge in [-0.2, -0.15) is 0 Å². The molecule has 0 aromatic heterocycles. The van der Waals surface area contributed by atoms with Gasteiger partial charge in [0, 0.05) is 6.04 Å². The molecule has 0 bridgehead atoms. The zero-order valence-electron chi connectivity index (χ0n) is 12.5. The predicted molar refractivity (Wildman–Crippen MR) is 81.0 cm³/mol. The zero-order valence-corrected chi connectivity index (χ0v) is 12.5. The van der Waals surface area contributed by atoms with Crippen molar-refractivity contribution in [2.45, 2.75) is 59.4 Å². The van der Waals surface area contributed by atoms with Gasteiger partial charge in [-0.3, -0.25) is 0 Å². The average molecular weight is 247 g/mol. The molecule has 0 amide bonds. The summed E-state index contributed by atoms with van der Waals surface area (Å²) in [5.74, 6) is 0.775. The largest absolute Gasteiger partial charge is 0.314 e. The van der Waals surface area contributed by atoms with Gasteiger partial charge < -0.3 is 5.32 Å². The van der Waals surface area contributed by atoms with Crippen molar-refractivity contribution >= 4 is 0 Å². The monoisotopic (exact) mass is 247 g/mol. The lowest BCUT2D eigenvalue weighted by Gasteiger charge is -2.20. The van der Waals surface area contributed by atoms with Crippen LogP contribution in [-0.4, -0.2) is 12.6 Å². The van der Waals surface area contributed by atoms with E-state index in [9.17, 15) is 0 Å². The van der Waals surface area contributed by atoms with E-state index in [4.69, 9.17) is 0 Å². The summed E-state index contributed by atoms with van der Waals surface area (Å²) in [7, 11) is 0. The molecule has 0 spiro atoms. The van der Waals surface area contributed by atoms with Gasteiger partial charge in [0.25, 0.3) is 0 Å². The third-order valence-electron chi connectivity index (χ3n) is 3.34. The molecule has 1 rings (SSSR count). The van der Waals surface area contributed by atoms with Crippen LogP contribution >= 0.6 is 0 Å². The Morgan fingerprint density at radius 3 is 2.33 bits per heavy atom. The van der Waals surface area contributed by atoms with E-state index in [1.165, 1.54) is 36.8 Å². The van der Waals surface area contributed by atoms with E-state index in [0.717, 1.165) is 12.5 Å². The summed E-state index contributed by atoms with van der Waals surface area (Å²) in [5.41, 5.74) is 2.81. The molecule has 0 saturated heterocycles. The van der Waals surface area contributed by atoms with E-state index >= 15 is 0 Å². The summed E-state index contributed by atoms with van der Waals surface area (Å²) in [6.07, 6.45) is 4.95. The molecule has 0 fully saturated rings. The molecule has 1 unspecified atom stereocenters. The third-order valence-corrected chi connectivity index (χ3v) is 3.34. The first-order valence-corrected chi connectivity index (χ1v) is 7.40. The first kappa shape index (κ1) is 15.2. The minimum atomic E-state index is 0.672. The molecule has 18 heavy (non-hydrogen) atoms. The van der Waals surface area contributed by atoms with Crippen molar-refractivity contribution in [3.63, 3.8) is 0 Å². The Balaban J connectivity index is 2.42. The molecule has 102 valence electrons. The fourth-order valence-corrected chi connectivity index (χ4v) is 2.32. The Bertz CT molecular complexity index is 313. The van der Waals surface area contributed by atoms with E-state index in [-0.39, 0.29) is 0 Å². The van der Waals surface area contributed by atoms with Crippen molar-refractivity contribution in [2.24, 2.45) is 5.92 Å². The van der Waals surface area contributed by atoms with Crippen molar-refractivity contribution in [2.75, 3.05) is 6.54 Å². The molecule has 0 aliphatic heterocycles. The van der Waals surface area contributed by atoms with Crippen molar-refractivity contribution in [1.82, 2.24) is 5.32 Å². The van der Waals surface area contributed by atoms with E-state index in [0.29, 0.717) is 6.04 Å². The number of aryl methyl sites for hydroxylation is 2. The molecule has 1 nitrogen and oxygen atoms in total. The Morgan fingerprint density at radius 1 is 1.11 bits per heavy atom. The van der Waals surface area contributed by atoms with Crippen LogP contribution in [0.2, 0.25) is 0 Å². The molecule has 0 aliphatic rings. The van der Waals surface area contributed by atoms with Crippen LogP contribution in [0.3, 0.4) is 0 Å². The quantitative estimate of drug-likeness (QED) is 0.720. The molecular weight excluding hydrogens is 218 g/mol. The van der Waals surface area contributed by atoms with Gasteiger partial charge >= 0.3 is 0 Å². The normalized spacial score (nSPS) is 12.9. The van der Waals surface area contributed by atoms with E-state index in [1.54, 1.807) is 0 Å². The fraction of sp³-hybridized carbons (Fsp3) is 0.647. The van der Waals surface area contributed by atoms with Crippen LogP contribution in [0.25, 0.3) is 0 Å². The summed E-state index contributed by atoms with van der Waals surface area (Å²) in [6, 6.07) is 9.63. The lowest BCUT2D eigenvalue weighted by molar-refractivity contribution is 0.398. The Hall–Kier alpha value is -0.820. The molecule has 1 aromatic rings. The van der Waals surface area contributed by atoms with Crippen LogP contribution in [0.5, 0.6) is 0 Å². The van der Waals surface area contributed by atoms with Crippen LogP contribution in [0.4, 0.5) is 0 Å². The molecule has 1 aromatic carbocycles. The molecule has 0 radical (unpaired) electrons. The van der Waals surface area contributed by atoms with Gasteiger partial charge in [-0.25, -0.2) is 0 Å². The van der Waals surface area contributed by atoms with Crippen molar-refractivity contribution in [3.05, 3.63) is 35.4 Å². The van der Waals surface area contributed by atoms with Gasteiger partial charge in [0.05, 0.1) is 0 Å². The average Bonchev–Trinajstić information content (AvgIpc) is 2.34. The van der Waals surface area contributed by atoms with Crippen molar-refractivity contribution in [1.29, 1.82) is 0 Å². The third kappa shape index (κ3) is 6.20. The first-order valence-electron chi connectivity index (χ1n) is 7.40. The van der Waals surface area contributed by atoms with E-state index < -0.39 is 0 Å². The summed E-state index contributed by atoms with van der Waals surface area (Å²) in [6.45, 7) is 10.2. The standard InChI is InChI=1S/C17H29N/c1-5-12-18-17(13-14(2)3)11-10-16-8-6-15(4)7-9-16/h6-9,14,17-18H,5,10-13H2,1-4H3. The van der Waals surface area contributed by atoms with E-state index in [1.807, 2.05) is 0 Å². The Kier molecular flexibility index (Phi) is 7.04. The summed E-state index contributed by atoms with van der Waals surface area (Å²) >= 11 is 0. The molecule has 0 saturated carbocycles. The lowest BCUT2D eigenvalue weighted by Crippen LogP contribution is -2.31. The van der Waals surface area contributed by atoms with Gasteiger partial charge in [-0.1, -0.05) is 50.6 Å². The zero-order chi connectivity index (χ0) is 13.4. The highest BCUT2D eigenvalue weighted by atomic mass is 14.9. The maximum Gasteiger partial charge on any atom is 0.00726 e. The van der Waals surface area contributed by atoms with Crippen LogP contribution in [0, 0.1) is 12.8 Å². The molecule has 0 aliphatic carbocycles. The fourth-order valence-electron chi connectivity index (χ4n) is 2.32. The molecule has 0 heterocycles. The second-order valence-corrected chi connectivity index (χ2v) is 5.80. The highest BCUT2D eigenvalue weighted by Crippen LogP contribution is 2.12. The molecule has 1 N–H and O–H groups in total. The minimum Gasteiger partial charge on any atom is -0.314 e. The van der Waals surface area contributed by atoms with Gasteiger partial charge in [-0.15, -0.1) is 0 Å². The highest BCUT2D eigenvalue weighted by Gasteiger charge is 2.09. The molecule has 1 heteroatoms. The topological polar surface area (TPSA) is 12.0 Å². The Morgan fingerprint density at radius 2 is 1.78 bits per heavy atom. The summed E-state index contributed by atoms with van der Waals surface area (Å²) < 4.78 is 0. The van der Waals surface area contributed by atoms with Gasteiger partial charge in [0.2, 0.25) is 0 Å². The minimum absolute atomic E-state index is 0.672. The van der Waals surface area contributed by atoms with Gasteiger partial charge in [-0.05, 0) is 50.6 Å². The molecule has 1 atom stereocenters. The van der Waals surface area contributed by atoms with Crippen LogP contribution in [-0.2, 0) is 6.42 Å². The maximum atomic E-state index is 3.68. The second kappa shape index (κ2) is 8.31. The number of benzene rings is 1. The lowest BCUT2D eigenvalue weighted by atomic mass is 9.97. The first-order chi connectivity index (χ1) is 8.61. The maximum absolute atomic E-state index is 3.68. The number of hydrogen-bond acceptors (Lipinski definition) is 1.